The molecule has 0 amide bonds. The zero-order valence-electron chi connectivity index (χ0n) is 17.6. The van der Waals surface area contributed by atoms with Crippen LogP contribution in [0.25, 0.3) is 0 Å². The Balaban J connectivity index is 1.77. The van der Waals surface area contributed by atoms with E-state index in [9.17, 15) is 18.7 Å². The highest BCUT2D eigenvalue weighted by Gasteiger charge is 2.37. The standard InChI is InChI=1S/C26H25F2NO3/c27-19-13-14-20(22(28)16-19)25(29-15-7-6-11-23(29)26(30)31)21-10-4-5-12-24(21)32-17-18-8-2-1-3-9-18/h1-5,8-10,12-14,16,23,25H,6-7,11,15,17H2,(H,30,31). The second kappa shape index (κ2) is 9.92. The van der Waals surface area contributed by atoms with E-state index in [1.807, 2.05) is 48.5 Å². The average Bonchev–Trinajstić information content (AvgIpc) is 2.81. The molecule has 3 aromatic carbocycles. The number of rotatable bonds is 7. The maximum absolute atomic E-state index is 15.0. The van der Waals surface area contributed by atoms with E-state index in [0.717, 1.165) is 24.5 Å². The van der Waals surface area contributed by atoms with Gasteiger partial charge in [0.05, 0.1) is 6.04 Å². The number of para-hydroxylation sites is 1. The van der Waals surface area contributed by atoms with Crippen LogP contribution in [0.4, 0.5) is 8.78 Å². The quantitative estimate of drug-likeness (QED) is 0.525. The van der Waals surface area contributed by atoms with Gasteiger partial charge >= 0.3 is 5.97 Å². The van der Waals surface area contributed by atoms with Crippen molar-refractivity contribution in [3.63, 3.8) is 0 Å². The first kappa shape index (κ1) is 22.0. The van der Waals surface area contributed by atoms with Crippen LogP contribution in [0.1, 0.15) is 42.0 Å². The van der Waals surface area contributed by atoms with Gasteiger partial charge in [-0.1, -0.05) is 61.0 Å². The van der Waals surface area contributed by atoms with E-state index < -0.39 is 29.7 Å². The van der Waals surface area contributed by atoms with Crippen molar-refractivity contribution in [2.75, 3.05) is 6.54 Å². The largest absolute Gasteiger partial charge is 0.489 e. The Bertz CT molecular complexity index is 1070. The molecule has 3 aromatic rings. The maximum atomic E-state index is 15.0. The number of ether oxygens (including phenoxy) is 1. The van der Waals surface area contributed by atoms with Gasteiger partial charge in [0.1, 0.15) is 30.0 Å². The topological polar surface area (TPSA) is 49.8 Å². The highest BCUT2D eigenvalue weighted by molar-refractivity contribution is 5.73. The van der Waals surface area contributed by atoms with Crippen LogP contribution in [-0.2, 0) is 11.4 Å². The summed E-state index contributed by atoms with van der Waals surface area (Å²) in [6.45, 7) is 0.810. The lowest BCUT2D eigenvalue weighted by Gasteiger charge is -2.40. The van der Waals surface area contributed by atoms with Crippen molar-refractivity contribution in [1.82, 2.24) is 4.90 Å². The molecule has 0 radical (unpaired) electrons. The summed E-state index contributed by atoms with van der Waals surface area (Å²) in [4.78, 5) is 13.8. The lowest BCUT2D eigenvalue weighted by Crippen LogP contribution is -2.47. The van der Waals surface area contributed by atoms with Crippen LogP contribution in [0, 0.1) is 11.6 Å². The highest BCUT2D eigenvalue weighted by Crippen LogP contribution is 2.39. The third-order valence-electron chi connectivity index (χ3n) is 5.87. The van der Waals surface area contributed by atoms with Gasteiger partial charge < -0.3 is 9.84 Å². The Labute approximate surface area is 186 Å². The minimum atomic E-state index is -0.945. The number of carboxylic acid groups (broad SMARTS) is 1. The first-order valence-electron chi connectivity index (χ1n) is 10.7. The third-order valence-corrected chi connectivity index (χ3v) is 5.87. The molecule has 0 aliphatic carbocycles. The van der Waals surface area contributed by atoms with E-state index in [2.05, 4.69) is 0 Å². The summed E-state index contributed by atoms with van der Waals surface area (Å²) in [6, 6.07) is 18.9. The molecule has 0 spiro atoms. The summed E-state index contributed by atoms with van der Waals surface area (Å²) >= 11 is 0. The number of hydrogen-bond donors (Lipinski definition) is 1. The van der Waals surface area contributed by atoms with Crippen LogP contribution in [0.5, 0.6) is 5.75 Å². The number of nitrogens with zero attached hydrogens (tertiary/aromatic N) is 1. The number of halogens is 2. The van der Waals surface area contributed by atoms with Crippen molar-refractivity contribution >= 4 is 5.97 Å². The highest BCUT2D eigenvalue weighted by atomic mass is 19.1. The predicted octanol–water partition coefficient (Wildman–Crippen LogP) is 5.57. The molecule has 0 saturated carbocycles. The van der Waals surface area contributed by atoms with Gasteiger partial charge in [0.25, 0.3) is 0 Å². The van der Waals surface area contributed by atoms with Gasteiger partial charge in [-0.25, -0.2) is 8.78 Å². The van der Waals surface area contributed by atoms with Crippen molar-refractivity contribution in [3.05, 3.63) is 101 Å². The predicted molar refractivity (Wildman–Crippen MR) is 117 cm³/mol. The number of hydrogen-bond acceptors (Lipinski definition) is 3. The fourth-order valence-electron chi connectivity index (χ4n) is 4.35. The fourth-order valence-corrected chi connectivity index (χ4v) is 4.35. The zero-order valence-corrected chi connectivity index (χ0v) is 17.6. The molecular weight excluding hydrogens is 412 g/mol. The molecule has 0 bridgehead atoms. The van der Waals surface area contributed by atoms with Crippen molar-refractivity contribution in [3.8, 4) is 5.75 Å². The van der Waals surface area contributed by atoms with Crippen LogP contribution in [0.2, 0.25) is 0 Å². The molecule has 2 atom stereocenters. The molecule has 1 aliphatic heterocycles. The summed E-state index contributed by atoms with van der Waals surface area (Å²) in [5.41, 5.74) is 1.87. The fraction of sp³-hybridized carbons (Fsp3) is 0.269. The van der Waals surface area contributed by atoms with Crippen LogP contribution in [0.15, 0.2) is 72.8 Å². The number of benzene rings is 3. The summed E-state index contributed by atoms with van der Waals surface area (Å²) in [7, 11) is 0. The second-order valence-corrected chi connectivity index (χ2v) is 7.97. The molecule has 166 valence electrons. The number of carbonyl (C=O) groups is 1. The van der Waals surface area contributed by atoms with Gasteiger partial charge in [-0.3, -0.25) is 9.69 Å². The minimum Gasteiger partial charge on any atom is -0.489 e. The summed E-state index contributed by atoms with van der Waals surface area (Å²) in [6.07, 6.45) is 2.07. The zero-order chi connectivity index (χ0) is 22.5. The van der Waals surface area contributed by atoms with E-state index in [4.69, 9.17) is 4.74 Å². The lowest BCUT2D eigenvalue weighted by atomic mass is 9.91. The molecule has 1 fully saturated rings. The Morgan fingerprint density at radius 1 is 1.00 bits per heavy atom. The molecule has 1 heterocycles. The molecule has 32 heavy (non-hydrogen) atoms. The maximum Gasteiger partial charge on any atom is 0.320 e. The molecule has 0 aromatic heterocycles. The van der Waals surface area contributed by atoms with Crippen molar-refractivity contribution in [1.29, 1.82) is 0 Å². The molecule has 1 saturated heterocycles. The van der Waals surface area contributed by atoms with Gasteiger partial charge in [0.15, 0.2) is 0 Å². The first-order chi connectivity index (χ1) is 15.5. The normalized spacial score (nSPS) is 17.6. The van der Waals surface area contributed by atoms with E-state index in [1.54, 1.807) is 11.0 Å². The monoisotopic (exact) mass is 437 g/mol. The molecule has 1 N–H and O–H groups in total. The van der Waals surface area contributed by atoms with Crippen LogP contribution >= 0.6 is 0 Å². The smallest absolute Gasteiger partial charge is 0.320 e. The Kier molecular flexibility index (Phi) is 6.81. The van der Waals surface area contributed by atoms with Crippen LogP contribution in [-0.4, -0.2) is 28.6 Å². The number of likely N-dealkylation sites (tertiary alicyclic amines) is 1. The molecule has 4 nitrogen and oxygen atoms in total. The van der Waals surface area contributed by atoms with Crippen molar-refractivity contribution in [2.24, 2.45) is 0 Å². The lowest BCUT2D eigenvalue weighted by molar-refractivity contribution is -0.145. The molecule has 6 heteroatoms. The number of aliphatic carboxylic acids is 1. The number of carboxylic acids is 1. The van der Waals surface area contributed by atoms with E-state index >= 15 is 0 Å². The van der Waals surface area contributed by atoms with E-state index in [-0.39, 0.29) is 5.56 Å². The molecular formula is C26H25F2NO3. The molecule has 1 aliphatic rings. The third kappa shape index (κ3) is 4.81. The minimum absolute atomic E-state index is 0.232. The van der Waals surface area contributed by atoms with Gasteiger partial charge in [0.2, 0.25) is 0 Å². The van der Waals surface area contributed by atoms with Gasteiger partial charge in [-0.05, 0) is 37.1 Å². The van der Waals surface area contributed by atoms with Gasteiger partial charge in [-0.15, -0.1) is 0 Å². The van der Waals surface area contributed by atoms with Crippen molar-refractivity contribution < 1.29 is 23.4 Å². The van der Waals surface area contributed by atoms with Crippen molar-refractivity contribution in [2.45, 2.75) is 38.0 Å². The summed E-state index contributed by atoms with van der Waals surface area (Å²) < 4.78 is 34.8. The van der Waals surface area contributed by atoms with Crippen LogP contribution in [0.3, 0.4) is 0 Å². The molecule has 2 unspecified atom stereocenters. The Morgan fingerprint density at radius 2 is 1.75 bits per heavy atom. The summed E-state index contributed by atoms with van der Waals surface area (Å²) in [5, 5.41) is 9.86. The van der Waals surface area contributed by atoms with Gasteiger partial charge in [-0.2, -0.15) is 0 Å². The average molecular weight is 437 g/mol. The van der Waals surface area contributed by atoms with E-state index in [0.29, 0.717) is 30.9 Å². The Hall–Kier alpha value is -3.25. The number of piperidine rings is 1. The van der Waals surface area contributed by atoms with Gasteiger partial charge in [0, 0.05) is 17.2 Å². The summed E-state index contributed by atoms with van der Waals surface area (Å²) in [5.74, 6) is -1.78. The van der Waals surface area contributed by atoms with E-state index in [1.165, 1.54) is 12.1 Å². The Morgan fingerprint density at radius 3 is 2.50 bits per heavy atom. The molecule has 4 rings (SSSR count). The SMILES string of the molecule is O=C(O)C1CCCCN1C(c1ccc(F)cc1F)c1ccccc1OCc1ccccc1. The second-order valence-electron chi connectivity index (χ2n) is 7.97. The first-order valence-corrected chi connectivity index (χ1v) is 10.7. The van der Waals surface area contributed by atoms with Crippen LogP contribution < -0.4 is 4.74 Å².